The second kappa shape index (κ2) is 23.2. The fourth-order valence-electron chi connectivity index (χ4n) is 12.7. The monoisotopic (exact) mass is 1010 g/mol. The molecule has 12 atom stereocenters. The summed E-state index contributed by atoms with van der Waals surface area (Å²) in [6.45, 7) is 25.3. The molecule has 0 unspecified atom stereocenters. The van der Waals surface area contributed by atoms with Crippen LogP contribution in [0.3, 0.4) is 0 Å². The van der Waals surface area contributed by atoms with Crippen molar-refractivity contribution in [2.45, 2.75) is 193 Å². The minimum absolute atomic E-state index is 0.00442. The summed E-state index contributed by atoms with van der Waals surface area (Å²) in [5.74, 6) is -0.709. The number of aliphatic hydroxyl groups excluding tert-OH is 1. The standard InChI is InChI=1S/C59H88N4O8Si/c1-12-48(54-40(6)35-59(14-3,71-54)49-29-32-58(68,13-2)42(8)70-49)53(66)41(7)51(64)38(4)25-27-43-28-26-39(5)52(65)50(43)55(67)60-36-44-30-33-63-34-31-45(62-56(63)61-44)37-69-72(57(9,10)11,46-21-17-15-18-22-46)47-23-19-16-20-24-47/h15-24,26,28,38,40-42,44-45,48-49,51,54,64-65,68H,12-14,25,27,29-37H2,1-11H3,(H,60,67)(H,61,62)/t38-,40+,41+,42+,44+,45+,48+,49-,51+,54+,58-,59+/m1/s1. The highest BCUT2D eigenvalue weighted by atomic mass is 28.4. The molecule has 1 amide bonds. The van der Waals surface area contributed by atoms with E-state index in [2.05, 4.69) is 111 Å². The average molecular weight is 1010 g/mol. The molecule has 3 saturated heterocycles. The third-order valence-electron chi connectivity index (χ3n) is 17.5. The van der Waals surface area contributed by atoms with Crippen LogP contribution in [-0.4, -0.2) is 120 Å². The molecule has 396 valence electrons. The summed E-state index contributed by atoms with van der Waals surface area (Å²) in [4.78, 5) is 36.0. The largest absolute Gasteiger partial charge is 0.507 e. The molecule has 4 heterocycles. The van der Waals surface area contributed by atoms with Gasteiger partial charge in [0.15, 0.2) is 5.96 Å². The van der Waals surface area contributed by atoms with Gasteiger partial charge in [0.1, 0.15) is 11.5 Å². The highest BCUT2D eigenvalue weighted by Gasteiger charge is 2.55. The van der Waals surface area contributed by atoms with E-state index in [1.54, 1.807) is 6.92 Å². The Balaban J connectivity index is 0.956. The zero-order valence-corrected chi connectivity index (χ0v) is 46.4. The van der Waals surface area contributed by atoms with Crippen LogP contribution in [0.25, 0.3) is 0 Å². The first-order chi connectivity index (χ1) is 34.2. The number of rotatable bonds is 20. The van der Waals surface area contributed by atoms with Gasteiger partial charge in [-0.15, -0.1) is 0 Å². The van der Waals surface area contributed by atoms with Crippen LogP contribution in [0.2, 0.25) is 5.04 Å². The third kappa shape index (κ3) is 11.4. The topological polar surface area (TPSA) is 162 Å². The number of nitrogens with one attached hydrogen (secondary N) is 2. The lowest BCUT2D eigenvalue weighted by molar-refractivity contribution is -0.229. The van der Waals surface area contributed by atoms with Gasteiger partial charge in [-0.1, -0.05) is 135 Å². The first-order valence-corrected chi connectivity index (χ1v) is 29.3. The van der Waals surface area contributed by atoms with Gasteiger partial charge in [0, 0.05) is 37.5 Å². The number of hydrogen-bond donors (Lipinski definition) is 5. The van der Waals surface area contributed by atoms with Gasteiger partial charge in [-0.2, -0.15) is 0 Å². The van der Waals surface area contributed by atoms with E-state index in [-0.39, 0.29) is 76.2 Å². The van der Waals surface area contributed by atoms with Crippen molar-refractivity contribution < 1.29 is 38.8 Å². The van der Waals surface area contributed by atoms with E-state index >= 15 is 0 Å². The molecule has 3 aromatic carbocycles. The van der Waals surface area contributed by atoms with Crippen LogP contribution in [0.1, 0.15) is 149 Å². The van der Waals surface area contributed by atoms with Gasteiger partial charge < -0.3 is 44.8 Å². The van der Waals surface area contributed by atoms with Crippen LogP contribution in [0.15, 0.2) is 77.8 Å². The quantitative estimate of drug-likeness (QED) is 0.0698. The van der Waals surface area contributed by atoms with Crippen LogP contribution >= 0.6 is 0 Å². The molecule has 3 fully saturated rings. The normalized spacial score (nSPS) is 28.5. The molecule has 7 rings (SSSR count). The lowest BCUT2D eigenvalue weighted by atomic mass is 9.76. The number of nitrogens with zero attached hydrogens (tertiary/aromatic N) is 2. The van der Waals surface area contributed by atoms with Gasteiger partial charge in [0.2, 0.25) is 0 Å². The number of ketones is 1. The summed E-state index contributed by atoms with van der Waals surface area (Å²) in [5, 5.41) is 43.4. The number of guanidine groups is 1. The Morgan fingerprint density at radius 3 is 2.21 bits per heavy atom. The number of phenolic OH excluding ortho intramolecular Hbond substituents is 1. The van der Waals surface area contributed by atoms with Gasteiger partial charge in [-0.25, -0.2) is 4.99 Å². The number of aromatic hydroxyl groups is 1. The smallest absolute Gasteiger partial charge is 0.261 e. The molecule has 0 saturated carbocycles. The van der Waals surface area contributed by atoms with E-state index < -0.39 is 31.5 Å². The minimum Gasteiger partial charge on any atom is -0.507 e. The maximum Gasteiger partial charge on any atom is 0.261 e. The first-order valence-electron chi connectivity index (χ1n) is 27.4. The van der Waals surface area contributed by atoms with E-state index in [0.29, 0.717) is 62.8 Å². The highest BCUT2D eigenvalue weighted by molar-refractivity contribution is 6.99. The minimum atomic E-state index is -2.73. The lowest BCUT2D eigenvalue weighted by Gasteiger charge is -2.47. The number of carbonyl (C=O) groups excluding carboxylic acids is 2. The molecule has 13 heteroatoms. The molecule has 12 nitrogen and oxygen atoms in total. The molecule has 0 spiro atoms. The number of carbonyl (C=O) groups is 2. The predicted octanol–water partition coefficient (Wildman–Crippen LogP) is 8.24. The van der Waals surface area contributed by atoms with Crippen LogP contribution in [-0.2, 0) is 25.1 Å². The maximum atomic E-state index is 14.4. The molecule has 3 aromatic rings. The summed E-state index contributed by atoms with van der Waals surface area (Å²) in [5.41, 5.74) is 0.183. The molecule has 4 aliphatic heterocycles. The molecule has 0 radical (unpaired) electrons. The van der Waals surface area contributed by atoms with E-state index in [4.69, 9.17) is 18.9 Å². The van der Waals surface area contributed by atoms with Crippen molar-refractivity contribution in [3.05, 3.63) is 89.5 Å². The summed E-state index contributed by atoms with van der Waals surface area (Å²) in [7, 11) is -2.73. The Bertz CT molecular complexity index is 2290. The first kappa shape index (κ1) is 55.6. The maximum absolute atomic E-state index is 14.4. The third-order valence-corrected chi connectivity index (χ3v) is 22.5. The zero-order chi connectivity index (χ0) is 52.2. The summed E-state index contributed by atoms with van der Waals surface area (Å²) < 4.78 is 20.8. The number of ether oxygens (including phenoxy) is 2. The van der Waals surface area contributed by atoms with Gasteiger partial charge in [0.05, 0.1) is 53.8 Å². The zero-order valence-electron chi connectivity index (χ0n) is 45.4. The van der Waals surface area contributed by atoms with Crippen LogP contribution < -0.4 is 21.0 Å². The number of aryl methyl sites for hydroxylation is 2. The van der Waals surface area contributed by atoms with Gasteiger partial charge in [-0.05, 0) is 116 Å². The molecule has 0 aliphatic carbocycles. The van der Waals surface area contributed by atoms with E-state index in [1.807, 2.05) is 46.8 Å². The van der Waals surface area contributed by atoms with Crippen molar-refractivity contribution in [2.24, 2.45) is 28.7 Å². The van der Waals surface area contributed by atoms with Crippen molar-refractivity contribution in [2.75, 3.05) is 26.2 Å². The van der Waals surface area contributed by atoms with Crippen LogP contribution in [0.5, 0.6) is 5.75 Å². The molecular weight excluding hydrogens is 921 g/mol. The summed E-state index contributed by atoms with van der Waals surface area (Å²) in [6.07, 6.45) is 5.10. The fraction of sp³-hybridized carbons (Fsp3) is 0.644. The molecule has 4 aliphatic rings. The number of benzene rings is 3. The Kier molecular flexibility index (Phi) is 17.9. The van der Waals surface area contributed by atoms with Crippen molar-refractivity contribution in [3.8, 4) is 5.75 Å². The lowest BCUT2D eigenvalue weighted by Crippen LogP contribution is -2.67. The molecule has 0 aromatic heterocycles. The van der Waals surface area contributed by atoms with E-state index in [9.17, 15) is 24.9 Å². The second-order valence-corrected chi connectivity index (χ2v) is 27.4. The Labute approximate surface area is 432 Å². The van der Waals surface area contributed by atoms with Crippen molar-refractivity contribution >= 4 is 36.3 Å². The van der Waals surface area contributed by atoms with Crippen LogP contribution in [0, 0.1) is 30.6 Å². The van der Waals surface area contributed by atoms with Gasteiger partial charge in [0.25, 0.3) is 14.2 Å². The van der Waals surface area contributed by atoms with Crippen LogP contribution in [0.4, 0.5) is 0 Å². The van der Waals surface area contributed by atoms with Crippen molar-refractivity contribution in [1.82, 2.24) is 15.5 Å². The Hall–Kier alpha value is -4.11. The number of aliphatic hydroxyl groups is 2. The number of Topliss-reactive ketones (excluding diaryl/α,β-unsaturated/α-hetero) is 1. The number of amides is 1. The number of fused-ring (bicyclic) bond motifs is 1. The predicted molar refractivity (Wildman–Crippen MR) is 290 cm³/mol. The number of aliphatic imine (C=N–C) groups is 1. The van der Waals surface area contributed by atoms with Crippen molar-refractivity contribution in [3.63, 3.8) is 0 Å². The average Bonchev–Trinajstić information content (AvgIpc) is 3.72. The summed E-state index contributed by atoms with van der Waals surface area (Å²) in [6, 6.07) is 25.0. The second-order valence-electron chi connectivity index (χ2n) is 23.1. The van der Waals surface area contributed by atoms with Crippen molar-refractivity contribution in [1.29, 1.82) is 0 Å². The molecule has 72 heavy (non-hydrogen) atoms. The highest BCUT2D eigenvalue weighted by Crippen LogP contribution is 2.49. The Morgan fingerprint density at radius 1 is 0.958 bits per heavy atom. The molecule has 5 N–H and O–H groups in total. The van der Waals surface area contributed by atoms with E-state index in [0.717, 1.165) is 44.7 Å². The summed E-state index contributed by atoms with van der Waals surface area (Å²) >= 11 is 0. The SMILES string of the molecule is CC[C@@H](C(=O)[C@@H](C)[C@@H](O)[C@H](C)CCc1ccc(C)c(O)c1C(=O)NC[C@@H]1CCN2CC[C@@H](CO[Si](c3ccccc3)(c3ccccc3)C(C)(C)C)N=C2N1)[C@H]1O[C@](CC)([C@H]2CC[C@](O)(CC)[C@H](C)O2)C[C@@H]1C. The number of hydrogen-bond acceptors (Lipinski definition) is 11. The van der Waals surface area contributed by atoms with Gasteiger partial charge >= 0.3 is 0 Å². The Morgan fingerprint density at radius 2 is 1.61 bits per heavy atom. The fourth-order valence-corrected chi connectivity index (χ4v) is 17.3. The molecule has 0 bridgehead atoms. The van der Waals surface area contributed by atoms with E-state index in [1.165, 1.54) is 10.4 Å². The molecular formula is C59H88N4O8Si. The number of phenols is 1. The van der Waals surface area contributed by atoms with Gasteiger partial charge in [-0.3, -0.25) is 9.59 Å².